The maximum atomic E-state index is 12.1. The fourth-order valence-corrected chi connectivity index (χ4v) is 2.56. The second-order valence-corrected chi connectivity index (χ2v) is 6.02. The number of likely N-dealkylation sites (N-methyl/N-ethyl adjacent to an activating group) is 1. The lowest BCUT2D eigenvalue weighted by atomic mass is 10.0. The van der Waals surface area contributed by atoms with Crippen molar-refractivity contribution in [2.24, 2.45) is 5.92 Å². The number of hydrogen-bond acceptors (Lipinski definition) is 4. The molecule has 5 nitrogen and oxygen atoms in total. The maximum absolute atomic E-state index is 12.1. The number of ether oxygens (including phenoxy) is 2. The molecule has 1 aromatic carbocycles. The number of morpholine rings is 1. The fourth-order valence-electron chi connectivity index (χ4n) is 2.56. The van der Waals surface area contributed by atoms with E-state index in [0.717, 1.165) is 18.7 Å². The van der Waals surface area contributed by atoms with Gasteiger partial charge in [-0.3, -0.25) is 4.79 Å². The predicted octanol–water partition coefficient (Wildman–Crippen LogP) is 1.32. The van der Waals surface area contributed by atoms with Crippen LogP contribution in [0.1, 0.15) is 12.5 Å². The monoisotopic (exact) mass is 306 g/mol. The molecule has 0 aromatic heterocycles. The van der Waals surface area contributed by atoms with Crippen molar-refractivity contribution in [1.82, 2.24) is 10.2 Å². The zero-order valence-corrected chi connectivity index (χ0v) is 13.7. The molecule has 1 aromatic rings. The molecule has 1 fully saturated rings. The van der Waals surface area contributed by atoms with E-state index in [9.17, 15) is 4.79 Å². The SMILES string of the molecule is COc1ccc(C[C@@H](C)CNC(=O)[C@H]2CN(C)CCO2)cc1. The molecule has 22 heavy (non-hydrogen) atoms. The lowest BCUT2D eigenvalue weighted by molar-refractivity contribution is -0.137. The van der Waals surface area contributed by atoms with Crippen molar-refractivity contribution in [2.45, 2.75) is 19.4 Å². The number of rotatable bonds is 6. The molecule has 1 N–H and O–H groups in total. The molecule has 0 bridgehead atoms. The topological polar surface area (TPSA) is 50.8 Å². The predicted molar refractivity (Wildman–Crippen MR) is 86.1 cm³/mol. The molecule has 1 heterocycles. The summed E-state index contributed by atoms with van der Waals surface area (Å²) in [6.45, 7) is 4.97. The number of methoxy groups -OCH3 is 1. The van der Waals surface area contributed by atoms with Crippen molar-refractivity contribution in [3.8, 4) is 5.75 Å². The van der Waals surface area contributed by atoms with E-state index in [4.69, 9.17) is 9.47 Å². The van der Waals surface area contributed by atoms with Gasteiger partial charge in [0.2, 0.25) is 5.91 Å². The Kier molecular flexibility index (Phi) is 6.21. The molecule has 2 rings (SSSR count). The van der Waals surface area contributed by atoms with E-state index in [0.29, 0.717) is 25.6 Å². The summed E-state index contributed by atoms with van der Waals surface area (Å²) >= 11 is 0. The molecule has 1 amide bonds. The van der Waals surface area contributed by atoms with Gasteiger partial charge in [-0.1, -0.05) is 19.1 Å². The molecule has 0 radical (unpaired) electrons. The number of amides is 1. The Hall–Kier alpha value is -1.59. The number of carbonyl (C=O) groups is 1. The Bertz CT molecular complexity index is 475. The highest BCUT2D eigenvalue weighted by Crippen LogP contribution is 2.14. The first-order valence-corrected chi connectivity index (χ1v) is 7.79. The molecular formula is C17H26N2O3. The van der Waals surface area contributed by atoms with Gasteiger partial charge in [0, 0.05) is 19.6 Å². The van der Waals surface area contributed by atoms with Crippen LogP contribution >= 0.6 is 0 Å². The largest absolute Gasteiger partial charge is 0.497 e. The summed E-state index contributed by atoms with van der Waals surface area (Å²) in [5.41, 5.74) is 1.25. The Balaban J connectivity index is 1.74. The van der Waals surface area contributed by atoms with E-state index in [1.165, 1.54) is 5.56 Å². The maximum Gasteiger partial charge on any atom is 0.250 e. The highest BCUT2D eigenvalue weighted by atomic mass is 16.5. The standard InChI is InChI=1S/C17H26N2O3/c1-13(10-14-4-6-15(21-3)7-5-14)11-18-17(20)16-12-19(2)8-9-22-16/h4-7,13,16H,8-12H2,1-3H3,(H,18,20)/t13-,16-/m1/s1. The van der Waals surface area contributed by atoms with Crippen molar-refractivity contribution < 1.29 is 14.3 Å². The van der Waals surface area contributed by atoms with E-state index in [2.05, 4.69) is 29.3 Å². The van der Waals surface area contributed by atoms with Gasteiger partial charge in [-0.05, 0) is 37.1 Å². The van der Waals surface area contributed by atoms with E-state index >= 15 is 0 Å². The van der Waals surface area contributed by atoms with Gasteiger partial charge in [-0.2, -0.15) is 0 Å². The van der Waals surface area contributed by atoms with Crippen LogP contribution in [0.4, 0.5) is 0 Å². The first-order valence-electron chi connectivity index (χ1n) is 7.79. The third kappa shape index (κ3) is 5.00. The Morgan fingerprint density at radius 1 is 1.45 bits per heavy atom. The summed E-state index contributed by atoms with van der Waals surface area (Å²) in [5.74, 6) is 1.23. The zero-order chi connectivity index (χ0) is 15.9. The number of benzene rings is 1. The van der Waals surface area contributed by atoms with Crippen LogP contribution in [-0.2, 0) is 16.0 Å². The van der Waals surface area contributed by atoms with Crippen LogP contribution in [-0.4, -0.2) is 57.3 Å². The first-order chi connectivity index (χ1) is 10.6. The summed E-state index contributed by atoms with van der Waals surface area (Å²) in [6.07, 6.45) is 0.585. The normalized spacial score (nSPS) is 20.4. The Morgan fingerprint density at radius 2 is 2.18 bits per heavy atom. The van der Waals surface area contributed by atoms with Gasteiger partial charge >= 0.3 is 0 Å². The molecular weight excluding hydrogens is 280 g/mol. The van der Waals surface area contributed by atoms with E-state index in [1.807, 2.05) is 19.2 Å². The molecule has 2 atom stereocenters. The molecule has 1 saturated heterocycles. The molecule has 0 spiro atoms. The average Bonchev–Trinajstić information content (AvgIpc) is 2.53. The molecule has 1 aliphatic rings. The highest BCUT2D eigenvalue weighted by molar-refractivity contribution is 5.81. The Morgan fingerprint density at radius 3 is 2.82 bits per heavy atom. The van der Waals surface area contributed by atoms with Gasteiger partial charge in [0.05, 0.1) is 13.7 Å². The number of nitrogens with one attached hydrogen (secondary N) is 1. The average molecular weight is 306 g/mol. The molecule has 1 aliphatic heterocycles. The summed E-state index contributed by atoms with van der Waals surface area (Å²) in [6, 6.07) is 8.06. The van der Waals surface area contributed by atoms with Crippen LogP contribution in [0.15, 0.2) is 24.3 Å². The molecule has 0 saturated carbocycles. The highest BCUT2D eigenvalue weighted by Gasteiger charge is 2.24. The van der Waals surface area contributed by atoms with Gasteiger partial charge in [0.25, 0.3) is 0 Å². The first kappa shape index (κ1) is 16.8. The molecule has 122 valence electrons. The third-order valence-electron chi connectivity index (χ3n) is 3.93. The third-order valence-corrected chi connectivity index (χ3v) is 3.93. The molecule has 0 unspecified atom stereocenters. The summed E-state index contributed by atoms with van der Waals surface area (Å²) in [5, 5.41) is 3.00. The van der Waals surface area contributed by atoms with Crippen molar-refractivity contribution in [3.05, 3.63) is 29.8 Å². The van der Waals surface area contributed by atoms with Gasteiger partial charge in [0.15, 0.2) is 0 Å². The second-order valence-electron chi connectivity index (χ2n) is 6.02. The lowest BCUT2D eigenvalue weighted by Gasteiger charge is -2.29. The van der Waals surface area contributed by atoms with E-state index in [1.54, 1.807) is 7.11 Å². The minimum Gasteiger partial charge on any atom is -0.497 e. The Labute approximate surface area is 132 Å². The lowest BCUT2D eigenvalue weighted by Crippen LogP contribution is -2.49. The van der Waals surface area contributed by atoms with Crippen LogP contribution < -0.4 is 10.1 Å². The van der Waals surface area contributed by atoms with Crippen LogP contribution in [0.5, 0.6) is 5.75 Å². The minimum atomic E-state index is -0.341. The van der Waals surface area contributed by atoms with Crippen molar-refractivity contribution >= 4 is 5.91 Å². The van der Waals surface area contributed by atoms with Crippen LogP contribution in [0.3, 0.4) is 0 Å². The number of nitrogens with zero attached hydrogens (tertiary/aromatic N) is 1. The van der Waals surface area contributed by atoms with Gasteiger partial charge in [0.1, 0.15) is 11.9 Å². The van der Waals surface area contributed by atoms with Gasteiger partial charge in [-0.25, -0.2) is 0 Å². The number of carbonyl (C=O) groups excluding carboxylic acids is 1. The summed E-state index contributed by atoms with van der Waals surface area (Å²) in [7, 11) is 3.67. The summed E-state index contributed by atoms with van der Waals surface area (Å²) in [4.78, 5) is 14.2. The second kappa shape index (κ2) is 8.15. The van der Waals surface area contributed by atoms with Crippen LogP contribution in [0.2, 0.25) is 0 Å². The number of hydrogen-bond donors (Lipinski definition) is 1. The fraction of sp³-hybridized carbons (Fsp3) is 0.588. The van der Waals surface area contributed by atoms with E-state index < -0.39 is 0 Å². The summed E-state index contributed by atoms with van der Waals surface area (Å²) < 4.78 is 10.7. The smallest absolute Gasteiger partial charge is 0.250 e. The van der Waals surface area contributed by atoms with Gasteiger partial charge in [-0.15, -0.1) is 0 Å². The van der Waals surface area contributed by atoms with E-state index in [-0.39, 0.29) is 12.0 Å². The van der Waals surface area contributed by atoms with Crippen LogP contribution in [0, 0.1) is 5.92 Å². The quantitative estimate of drug-likeness (QED) is 0.861. The molecule has 5 heteroatoms. The minimum absolute atomic E-state index is 0.00636. The molecule has 0 aliphatic carbocycles. The zero-order valence-electron chi connectivity index (χ0n) is 13.7. The van der Waals surface area contributed by atoms with Gasteiger partial charge < -0.3 is 19.7 Å². The van der Waals surface area contributed by atoms with Crippen LogP contribution in [0.25, 0.3) is 0 Å². The van der Waals surface area contributed by atoms with Crippen molar-refractivity contribution in [3.63, 3.8) is 0 Å². The van der Waals surface area contributed by atoms with Crippen molar-refractivity contribution in [2.75, 3.05) is 40.4 Å². The van der Waals surface area contributed by atoms with Crippen molar-refractivity contribution in [1.29, 1.82) is 0 Å².